The fourth-order valence-corrected chi connectivity index (χ4v) is 4.09. The summed E-state index contributed by atoms with van der Waals surface area (Å²) in [5, 5.41) is 4.75. The SMILES string of the molecule is O=C(C[NH2+]C[C@H]1CCOC1)N[C@@H]1CCS(=O)(=O)C1. The third kappa shape index (κ3) is 4.22. The maximum Gasteiger partial charge on any atom is 0.275 e. The van der Waals surface area contributed by atoms with Crippen molar-refractivity contribution in [3.63, 3.8) is 0 Å². The van der Waals surface area contributed by atoms with E-state index in [1.807, 2.05) is 5.32 Å². The molecule has 0 radical (unpaired) electrons. The van der Waals surface area contributed by atoms with Crippen LogP contribution in [0, 0.1) is 5.92 Å². The summed E-state index contributed by atoms with van der Waals surface area (Å²) in [5.74, 6) is 0.761. The molecule has 3 N–H and O–H groups in total. The molecule has 2 atom stereocenters. The predicted molar refractivity (Wildman–Crippen MR) is 65.8 cm³/mol. The Morgan fingerprint density at radius 2 is 2.22 bits per heavy atom. The Morgan fingerprint density at radius 3 is 2.83 bits per heavy atom. The summed E-state index contributed by atoms with van der Waals surface area (Å²) in [6.45, 7) is 2.88. The largest absolute Gasteiger partial charge is 0.381 e. The summed E-state index contributed by atoms with van der Waals surface area (Å²) in [6, 6.07) is -0.189. The molecule has 1 amide bonds. The lowest BCUT2D eigenvalue weighted by Crippen LogP contribution is -2.88. The Bertz CT molecular complexity index is 390. The van der Waals surface area contributed by atoms with Gasteiger partial charge < -0.3 is 15.4 Å². The van der Waals surface area contributed by atoms with Gasteiger partial charge in [0.2, 0.25) is 0 Å². The van der Waals surface area contributed by atoms with E-state index in [1.165, 1.54) is 0 Å². The molecule has 2 aliphatic heterocycles. The number of carbonyl (C=O) groups excluding carboxylic acids is 1. The van der Waals surface area contributed by atoms with Crippen LogP contribution in [0.5, 0.6) is 0 Å². The van der Waals surface area contributed by atoms with Crippen molar-refractivity contribution in [3.8, 4) is 0 Å². The Labute approximate surface area is 107 Å². The van der Waals surface area contributed by atoms with Crippen molar-refractivity contribution in [3.05, 3.63) is 0 Å². The number of hydrogen-bond acceptors (Lipinski definition) is 4. The molecule has 0 spiro atoms. The third-order valence-electron chi connectivity index (χ3n) is 3.45. The van der Waals surface area contributed by atoms with E-state index < -0.39 is 9.84 Å². The minimum absolute atomic E-state index is 0.0731. The standard InChI is InChI=1S/C11H20N2O4S/c14-11(6-12-5-9-1-3-17-7-9)13-10-2-4-18(15,16)8-10/h9-10,12H,1-8H2,(H,13,14)/p+1/t9-,10-/m1/s1. The Kier molecular flexibility index (Phi) is 4.58. The molecular weight excluding hydrogens is 256 g/mol. The maximum atomic E-state index is 11.6. The average molecular weight is 277 g/mol. The number of sulfone groups is 1. The second-order valence-corrected chi connectivity index (χ2v) is 7.35. The molecule has 0 aliphatic carbocycles. The van der Waals surface area contributed by atoms with E-state index in [9.17, 15) is 13.2 Å². The topological polar surface area (TPSA) is 89.1 Å². The molecule has 2 heterocycles. The lowest BCUT2D eigenvalue weighted by atomic mass is 10.1. The normalized spacial score (nSPS) is 30.4. The summed E-state index contributed by atoms with van der Waals surface area (Å²) < 4.78 is 27.7. The summed E-state index contributed by atoms with van der Waals surface area (Å²) in [4.78, 5) is 11.6. The van der Waals surface area contributed by atoms with E-state index in [0.29, 0.717) is 18.9 Å². The maximum absolute atomic E-state index is 11.6. The average Bonchev–Trinajstić information content (AvgIpc) is 2.88. The van der Waals surface area contributed by atoms with Crippen molar-refractivity contribution >= 4 is 15.7 Å². The van der Waals surface area contributed by atoms with Crippen LogP contribution in [-0.2, 0) is 19.4 Å². The van der Waals surface area contributed by atoms with Crippen LogP contribution in [0.2, 0.25) is 0 Å². The summed E-state index contributed by atoms with van der Waals surface area (Å²) in [6.07, 6.45) is 1.61. The fraction of sp³-hybridized carbons (Fsp3) is 0.909. The number of ether oxygens (including phenoxy) is 1. The molecule has 0 aromatic carbocycles. The molecule has 2 fully saturated rings. The van der Waals surface area contributed by atoms with Gasteiger partial charge in [0.15, 0.2) is 16.4 Å². The minimum atomic E-state index is -2.92. The van der Waals surface area contributed by atoms with E-state index in [-0.39, 0.29) is 23.5 Å². The van der Waals surface area contributed by atoms with Crippen LogP contribution in [-0.4, -0.2) is 58.2 Å². The number of quaternary nitrogens is 1. The van der Waals surface area contributed by atoms with Gasteiger partial charge in [-0.05, 0) is 12.8 Å². The molecule has 6 nitrogen and oxygen atoms in total. The monoisotopic (exact) mass is 277 g/mol. The molecule has 2 rings (SSSR count). The van der Waals surface area contributed by atoms with E-state index >= 15 is 0 Å². The van der Waals surface area contributed by atoms with Crippen LogP contribution in [0.4, 0.5) is 0 Å². The molecule has 0 aromatic rings. The molecule has 0 saturated carbocycles. The van der Waals surface area contributed by atoms with Gasteiger partial charge in [0.1, 0.15) is 0 Å². The molecule has 2 aliphatic rings. The highest BCUT2D eigenvalue weighted by Gasteiger charge is 2.29. The van der Waals surface area contributed by atoms with E-state index in [0.717, 1.165) is 26.2 Å². The van der Waals surface area contributed by atoms with Gasteiger partial charge in [0.25, 0.3) is 5.91 Å². The van der Waals surface area contributed by atoms with E-state index in [4.69, 9.17) is 4.74 Å². The first-order chi connectivity index (χ1) is 8.55. The van der Waals surface area contributed by atoms with Gasteiger partial charge in [-0.1, -0.05) is 0 Å². The molecule has 0 bridgehead atoms. The number of nitrogens with two attached hydrogens (primary N) is 1. The van der Waals surface area contributed by atoms with Crippen molar-refractivity contribution in [2.45, 2.75) is 18.9 Å². The lowest BCUT2D eigenvalue weighted by molar-refractivity contribution is -0.649. The minimum Gasteiger partial charge on any atom is -0.381 e. The fourth-order valence-electron chi connectivity index (χ4n) is 2.41. The molecule has 2 saturated heterocycles. The highest BCUT2D eigenvalue weighted by molar-refractivity contribution is 7.91. The van der Waals surface area contributed by atoms with E-state index in [2.05, 4.69) is 5.32 Å². The number of rotatable bonds is 5. The van der Waals surface area contributed by atoms with Crippen LogP contribution in [0.3, 0.4) is 0 Å². The van der Waals surface area contributed by atoms with Crippen LogP contribution >= 0.6 is 0 Å². The zero-order chi connectivity index (χ0) is 13.0. The highest BCUT2D eigenvalue weighted by atomic mass is 32.2. The summed E-state index contributed by atoms with van der Waals surface area (Å²) >= 11 is 0. The number of amides is 1. The van der Waals surface area contributed by atoms with Gasteiger partial charge in [0.05, 0.1) is 24.7 Å². The molecule has 104 valence electrons. The molecule has 0 unspecified atom stereocenters. The lowest BCUT2D eigenvalue weighted by Gasteiger charge is -2.10. The van der Waals surface area contributed by atoms with Crippen LogP contribution < -0.4 is 10.6 Å². The molecular formula is C11H21N2O4S+. The first kappa shape index (κ1) is 13.8. The smallest absolute Gasteiger partial charge is 0.275 e. The number of carbonyl (C=O) groups is 1. The van der Waals surface area contributed by atoms with Gasteiger partial charge in [-0.25, -0.2) is 8.42 Å². The van der Waals surface area contributed by atoms with Gasteiger partial charge in [-0.2, -0.15) is 0 Å². The molecule has 18 heavy (non-hydrogen) atoms. The number of nitrogens with one attached hydrogen (secondary N) is 1. The number of hydrogen-bond donors (Lipinski definition) is 2. The van der Waals surface area contributed by atoms with Gasteiger partial charge >= 0.3 is 0 Å². The van der Waals surface area contributed by atoms with Crippen molar-refractivity contribution in [2.24, 2.45) is 5.92 Å². The first-order valence-corrected chi connectivity index (χ1v) is 8.26. The third-order valence-corrected chi connectivity index (χ3v) is 5.22. The quantitative estimate of drug-likeness (QED) is 0.602. The van der Waals surface area contributed by atoms with Gasteiger partial charge in [-0.3, -0.25) is 4.79 Å². The zero-order valence-electron chi connectivity index (χ0n) is 10.4. The summed E-state index contributed by atoms with van der Waals surface area (Å²) in [5.41, 5.74) is 0. The van der Waals surface area contributed by atoms with E-state index in [1.54, 1.807) is 0 Å². The highest BCUT2D eigenvalue weighted by Crippen LogP contribution is 2.11. The van der Waals surface area contributed by atoms with Crippen LogP contribution in [0.1, 0.15) is 12.8 Å². The van der Waals surface area contributed by atoms with Gasteiger partial charge in [-0.15, -0.1) is 0 Å². The Hall–Kier alpha value is -0.660. The van der Waals surface area contributed by atoms with Crippen molar-refractivity contribution in [2.75, 3.05) is 37.8 Å². The first-order valence-electron chi connectivity index (χ1n) is 6.44. The Balaban J connectivity index is 1.60. The second-order valence-electron chi connectivity index (χ2n) is 5.13. The second kappa shape index (κ2) is 5.99. The van der Waals surface area contributed by atoms with Crippen LogP contribution in [0.15, 0.2) is 0 Å². The molecule has 0 aromatic heterocycles. The summed E-state index contributed by atoms with van der Waals surface area (Å²) in [7, 11) is -2.92. The van der Waals surface area contributed by atoms with Crippen molar-refractivity contribution < 1.29 is 23.3 Å². The van der Waals surface area contributed by atoms with Crippen molar-refractivity contribution in [1.82, 2.24) is 5.32 Å². The predicted octanol–water partition coefficient (Wildman–Crippen LogP) is -2.11. The van der Waals surface area contributed by atoms with Gasteiger partial charge in [0, 0.05) is 18.6 Å². The zero-order valence-corrected chi connectivity index (χ0v) is 11.2. The van der Waals surface area contributed by atoms with Crippen LogP contribution in [0.25, 0.3) is 0 Å². The Morgan fingerprint density at radius 1 is 1.39 bits per heavy atom. The van der Waals surface area contributed by atoms with Crippen molar-refractivity contribution in [1.29, 1.82) is 0 Å². The molecule has 7 heteroatoms.